The maximum Gasteiger partial charge on any atom is 0.126 e. The molecule has 0 amide bonds. The Kier molecular flexibility index (Phi) is 4.38. The predicted molar refractivity (Wildman–Crippen MR) is 121 cm³/mol. The van der Waals surface area contributed by atoms with Gasteiger partial charge in [-0.3, -0.25) is 0 Å². The van der Waals surface area contributed by atoms with E-state index in [1.54, 1.807) is 0 Å². The summed E-state index contributed by atoms with van der Waals surface area (Å²) in [6, 6.07) is 35.9. The van der Waals surface area contributed by atoms with Gasteiger partial charge in [0.1, 0.15) is 5.82 Å². The Labute approximate surface area is 170 Å². The molecule has 0 fully saturated rings. The van der Waals surface area contributed by atoms with E-state index in [0.717, 1.165) is 28.0 Å². The maximum atomic E-state index is 4.80. The molecule has 0 aliphatic rings. The number of aryl methyl sites for hydroxylation is 1. The quantitative estimate of drug-likeness (QED) is 0.343. The number of hydrogen-bond acceptors (Lipinski definition) is 2. The second-order valence-electron chi connectivity index (χ2n) is 7.16. The van der Waals surface area contributed by atoms with Gasteiger partial charge in [0.25, 0.3) is 0 Å². The Balaban J connectivity index is 1.64. The minimum Gasteiger partial charge on any atom is -0.233 e. The molecule has 4 aromatic carbocycles. The van der Waals surface area contributed by atoms with Crippen LogP contribution in [0, 0.1) is 6.92 Å². The van der Waals surface area contributed by atoms with Gasteiger partial charge in [0, 0.05) is 10.9 Å². The van der Waals surface area contributed by atoms with Crippen molar-refractivity contribution in [1.82, 2.24) is 9.97 Å². The molecule has 0 N–H and O–H groups in total. The van der Waals surface area contributed by atoms with E-state index in [2.05, 4.69) is 96.0 Å². The Morgan fingerprint density at radius 2 is 1.00 bits per heavy atom. The summed E-state index contributed by atoms with van der Waals surface area (Å²) in [6.45, 7) is 1.95. The highest BCUT2D eigenvalue weighted by Crippen LogP contribution is 2.31. The van der Waals surface area contributed by atoms with Crippen LogP contribution in [0.25, 0.3) is 44.4 Å². The highest BCUT2D eigenvalue weighted by atomic mass is 14.9. The zero-order valence-electron chi connectivity index (χ0n) is 16.2. The summed E-state index contributed by atoms with van der Waals surface area (Å²) in [5, 5.41) is 1.07. The van der Waals surface area contributed by atoms with Gasteiger partial charge >= 0.3 is 0 Å². The number of benzene rings is 4. The second-order valence-corrected chi connectivity index (χ2v) is 7.16. The van der Waals surface area contributed by atoms with E-state index in [1.165, 1.54) is 22.3 Å². The first kappa shape index (κ1) is 17.3. The van der Waals surface area contributed by atoms with Gasteiger partial charge in [-0.2, -0.15) is 0 Å². The van der Waals surface area contributed by atoms with Crippen molar-refractivity contribution in [1.29, 1.82) is 0 Å². The van der Waals surface area contributed by atoms with E-state index < -0.39 is 0 Å². The summed E-state index contributed by atoms with van der Waals surface area (Å²) in [5.74, 6) is 0.784. The molecule has 5 rings (SSSR count). The summed E-state index contributed by atoms with van der Waals surface area (Å²) in [5.41, 5.74) is 7.84. The first-order valence-electron chi connectivity index (χ1n) is 9.78. The molecule has 0 saturated carbocycles. The average Bonchev–Trinajstić information content (AvgIpc) is 2.79. The van der Waals surface area contributed by atoms with Gasteiger partial charge in [0.2, 0.25) is 0 Å². The fourth-order valence-electron chi connectivity index (χ4n) is 3.73. The standard InChI is InChI=1S/C27H20N2/c1-19-28-26-17-16-24(21-10-6-3-7-11-21)18-25(26)27(29-19)23-14-12-22(13-15-23)20-8-4-2-5-9-20/h2-18H,1H3. The van der Waals surface area contributed by atoms with Gasteiger partial charge in [0.05, 0.1) is 11.2 Å². The van der Waals surface area contributed by atoms with Crippen LogP contribution in [0.5, 0.6) is 0 Å². The molecule has 2 nitrogen and oxygen atoms in total. The summed E-state index contributed by atoms with van der Waals surface area (Å²) in [6.07, 6.45) is 0. The highest BCUT2D eigenvalue weighted by molar-refractivity contribution is 5.95. The zero-order valence-corrected chi connectivity index (χ0v) is 16.2. The van der Waals surface area contributed by atoms with Crippen LogP contribution in [-0.2, 0) is 0 Å². The number of hydrogen-bond donors (Lipinski definition) is 0. The monoisotopic (exact) mass is 372 g/mol. The fourth-order valence-corrected chi connectivity index (χ4v) is 3.73. The SMILES string of the molecule is Cc1nc(-c2ccc(-c3ccccc3)cc2)c2cc(-c3ccccc3)ccc2n1. The maximum absolute atomic E-state index is 4.80. The molecule has 2 heteroatoms. The third-order valence-electron chi connectivity index (χ3n) is 5.18. The summed E-state index contributed by atoms with van der Waals surface area (Å²) < 4.78 is 0. The topological polar surface area (TPSA) is 25.8 Å². The van der Waals surface area contributed by atoms with Gasteiger partial charge in [-0.05, 0) is 41.3 Å². The zero-order chi connectivity index (χ0) is 19.6. The van der Waals surface area contributed by atoms with Crippen LogP contribution < -0.4 is 0 Å². The van der Waals surface area contributed by atoms with E-state index in [0.29, 0.717) is 0 Å². The van der Waals surface area contributed by atoms with Crippen LogP contribution in [0.4, 0.5) is 0 Å². The van der Waals surface area contributed by atoms with Crippen LogP contribution in [0.15, 0.2) is 103 Å². The number of aromatic nitrogens is 2. The second kappa shape index (κ2) is 7.33. The predicted octanol–water partition coefficient (Wildman–Crippen LogP) is 6.94. The van der Waals surface area contributed by atoms with Gasteiger partial charge in [0.15, 0.2) is 0 Å². The summed E-state index contributed by atoms with van der Waals surface area (Å²) >= 11 is 0. The molecule has 1 heterocycles. The molecule has 138 valence electrons. The fraction of sp³-hybridized carbons (Fsp3) is 0.0370. The molecular weight excluding hydrogens is 352 g/mol. The van der Waals surface area contributed by atoms with Crippen LogP contribution in [0.1, 0.15) is 5.82 Å². The molecule has 0 radical (unpaired) electrons. The smallest absolute Gasteiger partial charge is 0.126 e. The van der Waals surface area contributed by atoms with E-state index in [1.807, 2.05) is 19.1 Å². The number of fused-ring (bicyclic) bond motifs is 1. The third-order valence-corrected chi connectivity index (χ3v) is 5.18. The lowest BCUT2D eigenvalue weighted by molar-refractivity contribution is 1.10. The molecular formula is C27H20N2. The first-order chi connectivity index (χ1) is 14.3. The first-order valence-corrected chi connectivity index (χ1v) is 9.78. The number of rotatable bonds is 3. The largest absolute Gasteiger partial charge is 0.233 e. The van der Waals surface area contributed by atoms with E-state index in [9.17, 15) is 0 Å². The number of nitrogens with zero attached hydrogens (tertiary/aromatic N) is 2. The normalized spacial score (nSPS) is 10.9. The lowest BCUT2D eigenvalue weighted by Gasteiger charge is -2.10. The van der Waals surface area contributed by atoms with Crippen LogP contribution in [0.2, 0.25) is 0 Å². The molecule has 0 spiro atoms. The van der Waals surface area contributed by atoms with Crippen molar-refractivity contribution in [3.05, 3.63) is 109 Å². The van der Waals surface area contributed by atoms with Crippen LogP contribution >= 0.6 is 0 Å². The van der Waals surface area contributed by atoms with Gasteiger partial charge in [-0.15, -0.1) is 0 Å². The molecule has 0 bridgehead atoms. The lowest BCUT2D eigenvalue weighted by atomic mass is 9.98. The third kappa shape index (κ3) is 3.41. The summed E-state index contributed by atoms with van der Waals surface area (Å²) in [4.78, 5) is 9.45. The minimum atomic E-state index is 0.784. The van der Waals surface area contributed by atoms with E-state index in [4.69, 9.17) is 4.98 Å². The molecule has 0 aliphatic carbocycles. The Morgan fingerprint density at radius 1 is 0.483 bits per heavy atom. The highest BCUT2D eigenvalue weighted by Gasteiger charge is 2.10. The molecule has 0 aliphatic heterocycles. The minimum absolute atomic E-state index is 0.784. The molecule has 29 heavy (non-hydrogen) atoms. The summed E-state index contributed by atoms with van der Waals surface area (Å²) in [7, 11) is 0. The van der Waals surface area contributed by atoms with Crippen molar-refractivity contribution in [3.8, 4) is 33.5 Å². The molecule has 0 unspecified atom stereocenters. The van der Waals surface area contributed by atoms with Crippen molar-refractivity contribution >= 4 is 10.9 Å². The van der Waals surface area contributed by atoms with Gasteiger partial charge < -0.3 is 0 Å². The molecule has 0 atom stereocenters. The average molecular weight is 372 g/mol. The Hall–Kier alpha value is -3.78. The molecule has 0 saturated heterocycles. The van der Waals surface area contributed by atoms with Crippen LogP contribution in [0.3, 0.4) is 0 Å². The Bertz CT molecular complexity index is 1280. The van der Waals surface area contributed by atoms with Gasteiger partial charge in [-0.1, -0.05) is 91.0 Å². The lowest BCUT2D eigenvalue weighted by Crippen LogP contribution is -1.94. The van der Waals surface area contributed by atoms with E-state index >= 15 is 0 Å². The Morgan fingerprint density at radius 3 is 1.66 bits per heavy atom. The van der Waals surface area contributed by atoms with Crippen molar-refractivity contribution in [2.45, 2.75) is 6.92 Å². The molecule has 1 aromatic heterocycles. The van der Waals surface area contributed by atoms with Gasteiger partial charge in [-0.25, -0.2) is 9.97 Å². The van der Waals surface area contributed by atoms with Crippen molar-refractivity contribution < 1.29 is 0 Å². The van der Waals surface area contributed by atoms with Crippen LogP contribution in [-0.4, -0.2) is 9.97 Å². The molecule has 5 aromatic rings. The van der Waals surface area contributed by atoms with E-state index in [-0.39, 0.29) is 0 Å². The van der Waals surface area contributed by atoms with Crippen molar-refractivity contribution in [2.75, 3.05) is 0 Å². The van der Waals surface area contributed by atoms with Crippen molar-refractivity contribution in [2.24, 2.45) is 0 Å². The van der Waals surface area contributed by atoms with Crippen molar-refractivity contribution in [3.63, 3.8) is 0 Å².